The number of alkyl halides is 9. The van der Waals surface area contributed by atoms with Crippen molar-refractivity contribution in [3.8, 4) is 34.2 Å². The Kier molecular flexibility index (Phi) is 5.86. The number of nitrogens with zero attached hydrogens (tertiary/aromatic N) is 2. The average molecular weight is 527 g/mol. The van der Waals surface area contributed by atoms with E-state index in [1.54, 1.807) is 0 Å². The second-order valence-corrected chi connectivity index (χ2v) is 7.46. The maximum absolute atomic E-state index is 13.6. The summed E-state index contributed by atoms with van der Waals surface area (Å²) in [6.45, 7) is 0. The SMILES string of the molecule is FC(F)(F)c1cc(-c2noc(-c3cc(-c4ccccc4Cl)oc3C(F)(F)F)n2)cc(C(F)(F)F)c1. The van der Waals surface area contributed by atoms with Crippen LogP contribution in [0.5, 0.6) is 0 Å². The van der Waals surface area contributed by atoms with Crippen molar-refractivity contribution in [2.75, 3.05) is 0 Å². The van der Waals surface area contributed by atoms with Crippen LogP contribution in [0.15, 0.2) is 57.5 Å². The van der Waals surface area contributed by atoms with Crippen LogP contribution in [-0.4, -0.2) is 10.1 Å². The van der Waals surface area contributed by atoms with E-state index >= 15 is 0 Å². The zero-order chi connectivity index (χ0) is 25.8. The molecule has 0 aliphatic carbocycles. The smallest absolute Gasteiger partial charge is 0.450 e. The lowest BCUT2D eigenvalue weighted by atomic mass is 10.0. The van der Waals surface area contributed by atoms with Crippen molar-refractivity contribution in [3.05, 3.63) is 70.4 Å². The van der Waals surface area contributed by atoms with Gasteiger partial charge in [0, 0.05) is 11.1 Å². The number of furan rings is 1. The van der Waals surface area contributed by atoms with Gasteiger partial charge in [0.25, 0.3) is 5.89 Å². The van der Waals surface area contributed by atoms with E-state index in [0.717, 1.165) is 6.07 Å². The fourth-order valence-corrected chi connectivity index (χ4v) is 3.32. The van der Waals surface area contributed by atoms with Gasteiger partial charge in [-0.25, -0.2) is 0 Å². The summed E-state index contributed by atoms with van der Waals surface area (Å²) in [6.07, 6.45) is -15.4. The second kappa shape index (κ2) is 8.33. The first-order chi connectivity index (χ1) is 16.1. The summed E-state index contributed by atoms with van der Waals surface area (Å²) in [4.78, 5) is 3.60. The molecule has 2 heterocycles. The van der Waals surface area contributed by atoms with Gasteiger partial charge >= 0.3 is 18.5 Å². The quantitative estimate of drug-likeness (QED) is 0.252. The third-order valence-corrected chi connectivity index (χ3v) is 4.96. The van der Waals surface area contributed by atoms with Crippen LogP contribution in [0, 0.1) is 0 Å². The molecule has 2 aromatic carbocycles. The minimum atomic E-state index is -5.15. The summed E-state index contributed by atoms with van der Waals surface area (Å²) >= 11 is 5.99. The van der Waals surface area contributed by atoms with Crippen LogP contribution in [0.4, 0.5) is 39.5 Å². The molecule has 0 spiro atoms. The van der Waals surface area contributed by atoms with Gasteiger partial charge in [-0.1, -0.05) is 28.9 Å². The highest BCUT2D eigenvalue weighted by Gasteiger charge is 2.41. The first kappa shape index (κ1) is 24.6. The third-order valence-electron chi connectivity index (χ3n) is 4.63. The van der Waals surface area contributed by atoms with Crippen LogP contribution in [0.25, 0.3) is 34.2 Å². The van der Waals surface area contributed by atoms with E-state index in [-0.39, 0.29) is 22.4 Å². The van der Waals surface area contributed by atoms with Gasteiger partial charge in [-0.15, -0.1) is 0 Å². The van der Waals surface area contributed by atoms with Crippen LogP contribution in [-0.2, 0) is 18.5 Å². The molecule has 4 rings (SSSR count). The molecule has 2 aromatic heterocycles. The van der Waals surface area contributed by atoms with Crippen molar-refractivity contribution >= 4 is 11.6 Å². The highest BCUT2D eigenvalue weighted by molar-refractivity contribution is 6.33. The molecule has 184 valence electrons. The third kappa shape index (κ3) is 4.99. The predicted molar refractivity (Wildman–Crippen MR) is 103 cm³/mol. The highest BCUT2D eigenvalue weighted by Crippen LogP contribution is 2.43. The van der Waals surface area contributed by atoms with Crippen molar-refractivity contribution in [1.82, 2.24) is 10.1 Å². The lowest BCUT2D eigenvalue weighted by molar-refractivity contribution is -0.152. The molecule has 14 heteroatoms. The van der Waals surface area contributed by atoms with Crippen LogP contribution >= 0.6 is 11.6 Å². The summed E-state index contributed by atoms with van der Waals surface area (Å²) in [5, 5.41) is 3.33. The summed E-state index contributed by atoms with van der Waals surface area (Å²) < 4.78 is 129. The summed E-state index contributed by atoms with van der Waals surface area (Å²) in [5.74, 6) is -3.57. The molecule has 0 unspecified atom stereocenters. The second-order valence-electron chi connectivity index (χ2n) is 7.05. The Hall–Kier alpha value is -3.48. The molecule has 0 atom stereocenters. The van der Waals surface area contributed by atoms with Crippen molar-refractivity contribution < 1.29 is 48.5 Å². The van der Waals surface area contributed by atoms with E-state index in [9.17, 15) is 39.5 Å². The largest absolute Gasteiger partial charge is 0.451 e. The molecule has 0 saturated carbocycles. The van der Waals surface area contributed by atoms with Crippen molar-refractivity contribution in [2.45, 2.75) is 18.5 Å². The topological polar surface area (TPSA) is 52.1 Å². The summed E-state index contributed by atoms with van der Waals surface area (Å²) in [5.41, 5.74) is -4.79. The van der Waals surface area contributed by atoms with Gasteiger partial charge in [-0.05, 0) is 36.4 Å². The number of aromatic nitrogens is 2. The van der Waals surface area contributed by atoms with E-state index < -0.39 is 58.3 Å². The van der Waals surface area contributed by atoms with E-state index in [4.69, 9.17) is 20.5 Å². The fraction of sp³-hybridized carbons (Fsp3) is 0.143. The van der Waals surface area contributed by atoms with Crippen molar-refractivity contribution in [2.24, 2.45) is 0 Å². The van der Waals surface area contributed by atoms with Crippen LogP contribution < -0.4 is 0 Å². The van der Waals surface area contributed by atoms with Crippen molar-refractivity contribution in [1.29, 1.82) is 0 Å². The van der Waals surface area contributed by atoms with E-state index in [1.807, 2.05) is 0 Å². The minimum absolute atomic E-state index is 0.0522. The number of hydrogen-bond donors (Lipinski definition) is 0. The maximum Gasteiger partial charge on any atom is 0.450 e. The molecule has 4 aromatic rings. The van der Waals surface area contributed by atoms with Gasteiger partial charge in [0.1, 0.15) is 5.76 Å². The highest BCUT2D eigenvalue weighted by atomic mass is 35.5. The minimum Gasteiger partial charge on any atom is -0.451 e. The molecule has 0 radical (unpaired) electrons. The van der Waals surface area contributed by atoms with E-state index in [2.05, 4.69) is 10.1 Å². The molecule has 0 amide bonds. The molecule has 0 N–H and O–H groups in total. The molecule has 0 aliphatic rings. The van der Waals surface area contributed by atoms with Gasteiger partial charge in [0.05, 0.1) is 21.7 Å². The molecule has 35 heavy (non-hydrogen) atoms. The molecule has 0 bridgehead atoms. The van der Waals surface area contributed by atoms with Gasteiger partial charge in [0.2, 0.25) is 11.6 Å². The van der Waals surface area contributed by atoms with Crippen LogP contribution in [0.2, 0.25) is 5.02 Å². The molecule has 0 fully saturated rings. The fourth-order valence-electron chi connectivity index (χ4n) is 3.09. The van der Waals surface area contributed by atoms with Gasteiger partial charge < -0.3 is 8.94 Å². The monoisotopic (exact) mass is 526 g/mol. The first-order valence-electron chi connectivity index (χ1n) is 9.24. The van der Waals surface area contributed by atoms with Crippen molar-refractivity contribution in [3.63, 3.8) is 0 Å². The Morgan fingerprint density at radius 3 is 1.86 bits per heavy atom. The Bertz CT molecular complexity index is 1350. The Balaban J connectivity index is 1.84. The van der Waals surface area contributed by atoms with Gasteiger partial charge in [0.15, 0.2) is 0 Å². The molecule has 0 saturated heterocycles. The normalized spacial score (nSPS) is 12.9. The van der Waals surface area contributed by atoms with E-state index in [1.165, 1.54) is 24.3 Å². The first-order valence-corrected chi connectivity index (χ1v) is 9.62. The summed E-state index contributed by atoms with van der Waals surface area (Å²) in [6, 6.07) is 7.15. The number of rotatable bonds is 3. The van der Waals surface area contributed by atoms with E-state index in [0.29, 0.717) is 12.1 Å². The lowest BCUT2D eigenvalue weighted by Gasteiger charge is -2.12. The molecular formula is C21H8ClF9N2O2. The Morgan fingerprint density at radius 2 is 1.31 bits per heavy atom. The number of halogens is 10. The number of hydrogen-bond acceptors (Lipinski definition) is 4. The predicted octanol–water partition coefficient (Wildman–Crippen LogP) is 8.37. The zero-order valence-electron chi connectivity index (χ0n) is 16.6. The Morgan fingerprint density at radius 1 is 0.714 bits per heavy atom. The van der Waals surface area contributed by atoms with Crippen LogP contribution in [0.1, 0.15) is 16.9 Å². The summed E-state index contributed by atoms with van der Waals surface area (Å²) in [7, 11) is 0. The van der Waals surface area contributed by atoms with Crippen LogP contribution in [0.3, 0.4) is 0 Å². The maximum atomic E-state index is 13.6. The number of benzene rings is 2. The van der Waals surface area contributed by atoms with Gasteiger partial charge in [-0.3, -0.25) is 0 Å². The molecular weight excluding hydrogens is 519 g/mol. The standard InChI is InChI=1S/C21H8ClF9N2O2/c22-14-4-2-1-3-12(14)15-8-13(16(34-15)21(29,30)31)18-32-17(33-35-18)9-5-10(19(23,24)25)7-11(6-9)20(26,27)28/h1-8H. The molecule has 4 nitrogen and oxygen atoms in total. The lowest BCUT2D eigenvalue weighted by Crippen LogP contribution is -2.11. The Labute approximate surface area is 193 Å². The average Bonchev–Trinajstić information content (AvgIpc) is 3.40. The molecule has 0 aliphatic heterocycles. The zero-order valence-corrected chi connectivity index (χ0v) is 17.4. The van der Waals surface area contributed by atoms with Gasteiger partial charge in [-0.2, -0.15) is 44.5 Å².